The van der Waals surface area contributed by atoms with E-state index < -0.39 is 17.2 Å². The summed E-state index contributed by atoms with van der Waals surface area (Å²) in [4.78, 5) is 17.3. The first-order valence-electron chi connectivity index (χ1n) is 10.3. The molecule has 7 heteroatoms. The maximum Gasteiger partial charge on any atom is 0.225 e. The van der Waals surface area contributed by atoms with E-state index in [4.69, 9.17) is 0 Å². The van der Waals surface area contributed by atoms with Gasteiger partial charge in [-0.15, -0.1) is 0 Å². The molecule has 3 aromatic rings. The lowest BCUT2D eigenvalue weighted by molar-refractivity contribution is -0.140. The third kappa shape index (κ3) is 4.19. The van der Waals surface area contributed by atoms with Crippen molar-refractivity contribution in [3.63, 3.8) is 0 Å². The predicted molar refractivity (Wildman–Crippen MR) is 113 cm³/mol. The van der Waals surface area contributed by atoms with Gasteiger partial charge in [-0.3, -0.25) is 4.79 Å². The molecule has 1 heterocycles. The Kier molecular flexibility index (Phi) is 5.33. The minimum Gasteiger partial charge on any atom is -0.389 e. The molecule has 1 aromatic heterocycles. The number of aliphatic hydroxyl groups is 1. The SMILES string of the molecule is CN(CC(C)(C)O)C(=O)C1CC(c2c(-c3ccc(F)cc3)[nH]c3c(F)cc(F)cc23)C1. The lowest BCUT2D eigenvalue weighted by Crippen LogP contribution is -2.45. The molecular weight excluding hydrogens is 405 g/mol. The highest BCUT2D eigenvalue weighted by atomic mass is 19.1. The van der Waals surface area contributed by atoms with Crippen molar-refractivity contribution in [2.24, 2.45) is 5.92 Å². The number of aromatic amines is 1. The number of carbonyl (C=O) groups excluding carboxylic acids is 1. The van der Waals surface area contributed by atoms with Gasteiger partial charge in [-0.05, 0) is 74.1 Å². The average molecular weight is 430 g/mol. The number of benzene rings is 2. The van der Waals surface area contributed by atoms with E-state index in [-0.39, 0.29) is 35.6 Å². The number of likely N-dealkylation sites (N-methyl/N-ethyl adjacent to an activating group) is 1. The number of nitrogens with zero attached hydrogens (tertiary/aromatic N) is 1. The molecule has 0 aliphatic heterocycles. The topological polar surface area (TPSA) is 56.3 Å². The van der Waals surface area contributed by atoms with Crippen LogP contribution in [0.3, 0.4) is 0 Å². The van der Waals surface area contributed by atoms with Crippen molar-refractivity contribution in [2.75, 3.05) is 13.6 Å². The van der Waals surface area contributed by atoms with Gasteiger partial charge in [0.15, 0.2) is 0 Å². The Balaban J connectivity index is 1.67. The minimum atomic E-state index is -0.991. The first-order chi connectivity index (χ1) is 14.5. The van der Waals surface area contributed by atoms with Crippen molar-refractivity contribution in [2.45, 2.75) is 38.2 Å². The van der Waals surface area contributed by atoms with E-state index in [0.717, 1.165) is 11.6 Å². The van der Waals surface area contributed by atoms with E-state index in [9.17, 15) is 23.1 Å². The van der Waals surface area contributed by atoms with Gasteiger partial charge in [0.2, 0.25) is 5.91 Å². The van der Waals surface area contributed by atoms with Gasteiger partial charge in [0.25, 0.3) is 0 Å². The molecule has 1 amide bonds. The van der Waals surface area contributed by atoms with Gasteiger partial charge in [0.05, 0.1) is 16.8 Å². The van der Waals surface area contributed by atoms with Crippen molar-refractivity contribution < 1.29 is 23.1 Å². The summed E-state index contributed by atoms with van der Waals surface area (Å²) < 4.78 is 41.9. The first-order valence-corrected chi connectivity index (χ1v) is 10.3. The highest BCUT2D eigenvalue weighted by molar-refractivity contribution is 5.92. The summed E-state index contributed by atoms with van der Waals surface area (Å²) >= 11 is 0. The van der Waals surface area contributed by atoms with E-state index in [1.807, 2.05) is 0 Å². The summed E-state index contributed by atoms with van der Waals surface area (Å²) in [5.41, 5.74) is 1.23. The van der Waals surface area contributed by atoms with Gasteiger partial charge in [0, 0.05) is 31.0 Å². The summed E-state index contributed by atoms with van der Waals surface area (Å²) in [6.45, 7) is 3.51. The molecule has 4 rings (SSSR count). The molecule has 0 spiro atoms. The number of hydrogen-bond acceptors (Lipinski definition) is 2. The molecule has 0 radical (unpaired) electrons. The smallest absolute Gasteiger partial charge is 0.225 e. The monoisotopic (exact) mass is 430 g/mol. The van der Waals surface area contributed by atoms with Gasteiger partial charge in [-0.1, -0.05) is 0 Å². The number of hydrogen-bond donors (Lipinski definition) is 2. The number of aromatic nitrogens is 1. The predicted octanol–water partition coefficient (Wildman–Crippen LogP) is 4.98. The molecule has 2 aromatic carbocycles. The van der Waals surface area contributed by atoms with Crippen LogP contribution in [-0.4, -0.2) is 40.1 Å². The Bertz CT molecular complexity index is 1130. The van der Waals surface area contributed by atoms with Crippen LogP contribution >= 0.6 is 0 Å². The number of H-pyrrole nitrogens is 1. The molecular formula is C24H25F3N2O2. The zero-order valence-corrected chi connectivity index (χ0v) is 17.7. The third-order valence-corrected chi connectivity index (χ3v) is 5.89. The van der Waals surface area contributed by atoms with Gasteiger partial charge >= 0.3 is 0 Å². The van der Waals surface area contributed by atoms with Crippen LogP contribution in [0.25, 0.3) is 22.2 Å². The summed E-state index contributed by atoms with van der Waals surface area (Å²) in [5, 5.41) is 10.4. The minimum absolute atomic E-state index is 0.0566. The fourth-order valence-electron chi connectivity index (χ4n) is 4.53. The average Bonchev–Trinajstić information content (AvgIpc) is 2.99. The highest BCUT2D eigenvalue weighted by Crippen LogP contribution is 2.48. The fourth-order valence-corrected chi connectivity index (χ4v) is 4.53. The molecule has 0 unspecified atom stereocenters. The Morgan fingerprint density at radius 3 is 2.39 bits per heavy atom. The normalized spacial score (nSPS) is 18.8. The van der Waals surface area contributed by atoms with Crippen LogP contribution < -0.4 is 0 Å². The molecule has 1 aliphatic rings. The van der Waals surface area contributed by atoms with E-state index in [1.165, 1.54) is 23.1 Å². The van der Waals surface area contributed by atoms with Gasteiger partial charge in [-0.25, -0.2) is 13.2 Å². The molecule has 4 nitrogen and oxygen atoms in total. The summed E-state index contributed by atoms with van der Waals surface area (Å²) in [6, 6.07) is 7.95. The number of nitrogens with one attached hydrogen (secondary N) is 1. The quantitative estimate of drug-likeness (QED) is 0.600. The van der Waals surface area contributed by atoms with E-state index in [0.29, 0.717) is 29.5 Å². The number of halogens is 3. The Morgan fingerprint density at radius 1 is 1.13 bits per heavy atom. The lowest BCUT2D eigenvalue weighted by atomic mass is 9.69. The van der Waals surface area contributed by atoms with Crippen molar-refractivity contribution in [1.82, 2.24) is 9.88 Å². The van der Waals surface area contributed by atoms with Crippen molar-refractivity contribution in [3.8, 4) is 11.3 Å². The molecule has 164 valence electrons. The van der Waals surface area contributed by atoms with Crippen LogP contribution in [0.4, 0.5) is 13.2 Å². The van der Waals surface area contributed by atoms with E-state index in [2.05, 4.69) is 4.98 Å². The Labute approximate surface area is 178 Å². The number of amides is 1. The Morgan fingerprint density at radius 2 is 1.77 bits per heavy atom. The molecule has 1 aliphatic carbocycles. The van der Waals surface area contributed by atoms with E-state index >= 15 is 0 Å². The van der Waals surface area contributed by atoms with Gasteiger partial charge in [-0.2, -0.15) is 0 Å². The van der Waals surface area contributed by atoms with Gasteiger partial charge < -0.3 is 15.0 Å². The summed E-state index contributed by atoms with van der Waals surface area (Å²) in [5.74, 6) is -2.10. The molecule has 1 fully saturated rings. The second kappa shape index (κ2) is 7.71. The maximum atomic E-state index is 14.5. The molecule has 0 atom stereocenters. The zero-order chi connectivity index (χ0) is 22.5. The molecule has 2 N–H and O–H groups in total. The maximum absolute atomic E-state index is 14.5. The van der Waals surface area contributed by atoms with Crippen LogP contribution in [-0.2, 0) is 4.79 Å². The Hall–Kier alpha value is -2.80. The lowest BCUT2D eigenvalue weighted by Gasteiger charge is -2.38. The second-order valence-electron chi connectivity index (χ2n) is 9.10. The van der Waals surface area contributed by atoms with Crippen LogP contribution in [0, 0.1) is 23.4 Å². The largest absolute Gasteiger partial charge is 0.389 e. The summed E-state index contributed by atoms with van der Waals surface area (Å²) in [6.07, 6.45) is 1.07. The highest BCUT2D eigenvalue weighted by Gasteiger charge is 2.40. The molecule has 31 heavy (non-hydrogen) atoms. The molecule has 0 bridgehead atoms. The van der Waals surface area contributed by atoms with Crippen LogP contribution in [0.1, 0.15) is 38.2 Å². The number of rotatable bonds is 5. The van der Waals surface area contributed by atoms with Crippen LogP contribution in [0.2, 0.25) is 0 Å². The summed E-state index contributed by atoms with van der Waals surface area (Å²) in [7, 11) is 1.66. The standard InChI is InChI=1S/C24H25F3N2O2/c1-24(2,31)12-29(3)23(30)15-8-14(9-15)20-18-10-17(26)11-19(27)22(18)28-21(20)13-4-6-16(25)7-5-13/h4-7,10-11,14-15,28,31H,8-9,12H2,1-3H3. The van der Waals surface area contributed by atoms with Crippen molar-refractivity contribution >= 4 is 16.8 Å². The number of fused-ring (bicyclic) bond motifs is 1. The fraction of sp³-hybridized carbons (Fsp3) is 0.375. The molecule has 0 saturated heterocycles. The number of carbonyl (C=O) groups is 1. The van der Waals surface area contributed by atoms with Crippen molar-refractivity contribution in [3.05, 3.63) is 59.4 Å². The van der Waals surface area contributed by atoms with Crippen molar-refractivity contribution in [1.29, 1.82) is 0 Å². The first kappa shape index (κ1) is 21.4. The third-order valence-electron chi connectivity index (χ3n) is 5.89. The second-order valence-corrected chi connectivity index (χ2v) is 9.10. The molecule has 1 saturated carbocycles. The van der Waals surface area contributed by atoms with Crippen LogP contribution in [0.15, 0.2) is 36.4 Å². The van der Waals surface area contributed by atoms with Gasteiger partial charge in [0.1, 0.15) is 17.5 Å². The van der Waals surface area contributed by atoms with Crippen LogP contribution in [0.5, 0.6) is 0 Å². The zero-order valence-electron chi connectivity index (χ0n) is 17.7. The van der Waals surface area contributed by atoms with E-state index in [1.54, 1.807) is 33.0 Å².